The summed E-state index contributed by atoms with van der Waals surface area (Å²) in [5.74, 6) is -0.508. The Hall–Kier alpha value is -1.36. The van der Waals surface area contributed by atoms with Crippen LogP contribution in [0, 0.1) is 6.92 Å². The predicted molar refractivity (Wildman–Crippen MR) is 64.2 cm³/mol. The summed E-state index contributed by atoms with van der Waals surface area (Å²) >= 11 is 3.43. The molecule has 0 unspecified atom stereocenters. The molecule has 84 valence electrons. The molecule has 0 radical (unpaired) electrons. The van der Waals surface area contributed by atoms with Gasteiger partial charge in [-0.2, -0.15) is 0 Å². The quantitative estimate of drug-likeness (QED) is 0.788. The zero-order chi connectivity index (χ0) is 11.7. The van der Waals surface area contributed by atoms with Crippen LogP contribution in [0.5, 0.6) is 0 Å². The van der Waals surface area contributed by atoms with Crippen molar-refractivity contribution in [1.82, 2.24) is 5.32 Å². The molecule has 1 aromatic carbocycles. The number of halogens is 1. The molecule has 2 amide bonds. The first kappa shape index (κ1) is 11.1. The molecule has 1 aromatic rings. The van der Waals surface area contributed by atoms with Gasteiger partial charge in [-0.05, 0) is 24.6 Å². The molecule has 16 heavy (non-hydrogen) atoms. The van der Waals surface area contributed by atoms with E-state index in [1.807, 2.05) is 25.1 Å². The number of anilines is 1. The van der Waals surface area contributed by atoms with Crippen LogP contribution < -0.4 is 10.2 Å². The lowest BCUT2D eigenvalue weighted by Gasteiger charge is -2.28. The molecule has 4 nitrogen and oxygen atoms in total. The molecule has 5 heteroatoms. The Morgan fingerprint density at radius 3 is 2.50 bits per heavy atom. The summed E-state index contributed by atoms with van der Waals surface area (Å²) in [6.07, 6.45) is 0. The largest absolute Gasteiger partial charge is 0.353 e. The van der Waals surface area contributed by atoms with E-state index in [4.69, 9.17) is 0 Å². The maximum Gasteiger partial charge on any atom is 0.246 e. The Labute approximate surface area is 102 Å². The van der Waals surface area contributed by atoms with Crippen molar-refractivity contribution in [3.05, 3.63) is 28.2 Å². The SMILES string of the molecule is Cc1c(Br)cccc1N1CC(=O)NC(=O)C1. The Balaban J connectivity index is 2.33. The third-order valence-electron chi connectivity index (χ3n) is 2.53. The molecule has 1 fully saturated rings. The number of nitrogens with one attached hydrogen (secondary N) is 1. The first-order valence-corrected chi connectivity index (χ1v) is 5.70. The number of imide groups is 1. The fraction of sp³-hybridized carbons (Fsp3) is 0.273. The lowest BCUT2D eigenvalue weighted by molar-refractivity contribution is -0.130. The van der Waals surface area contributed by atoms with Gasteiger partial charge >= 0.3 is 0 Å². The van der Waals surface area contributed by atoms with Crippen LogP contribution in [0.1, 0.15) is 5.56 Å². The average Bonchev–Trinajstić information content (AvgIpc) is 2.20. The highest BCUT2D eigenvalue weighted by atomic mass is 79.9. The summed E-state index contributed by atoms with van der Waals surface area (Å²) in [6, 6.07) is 5.74. The number of carbonyl (C=O) groups excluding carboxylic acids is 2. The van der Waals surface area contributed by atoms with E-state index in [-0.39, 0.29) is 24.9 Å². The Morgan fingerprint density at radius 1 is 1.25 bits per heavy atom. The van der Waals surface area contributed by atoms with Crippen LogP contribution in [0.25, 0.3) is 0 Å². The normalized spacial score (nSPS) is 16.2. The second-order valence-electron chi connectivity index (χ2n) is 3.71. The third-order valence-corrected chi connectivity index (χ3v) is 3.39. The molecule has 0 atom stereocenters. The molecule has 0 saturated carbocycles. The van der Waals surface area contributed by atoms with Crippen LogP contribution in [0.2, 0.25) is 0 Å². The summed E-state index contributed by atoms with van der Waals surface area (Å²) in [5, 5.41) is 2.28. The Morgan fingerprint density at radius 2 is 1.88 bits per heavy atom. The number of carbonyl (C=O) groups is 2. The highest BCUT2D eigenvalue weighted by Gasteiger charge is 2.23. The van der Waals surface area contributed by atoms with Crippen molar-refractivity contribution in [2.45, 2.75) is 6.92 Å². The van der Waals surface area contributed by atoms with Gasteiger partial charge in [0.1, 0.15) is 0 Å². The molecule has 2 rings (SSSR count). The van der Waals surface area contributed by atoms with Crippen molar-refractivity contribution in [2.75, 3.05) is 18.0 Å². The molecule has 1 aliphatic heterocycles. The minimum Gasteiger partial charge on any atom is -0.353 e. The summed E-state index contributed by atoms with van der Waals surface area (Å²) < 4.78 is 0.975. The average molecular weight is 283 g/mol. The molecule has 1 heterocycles. The fourth-order valence-corrected chi connectivity index (χ4v) is 2.10. The summed E-state index contributed by atoms with van der Waals surface area (Å²) in [5.41, 5.74) is 1.95. The predicted octanol–water partition coefficient (Wildman–Crippen LogP) is 1.22. The minimum absolute atomic E-state index is 0.225. The number of hydrogen-bond donors (Lipinski definition) is 1. The van der Waals surface area contributed by atoms with E-state index in [0.29, 0.717) is 0 Å². The van der Waals surface area contributed by atoms with E-state index in [1.54, 1.807) is 4.90 Å². The van der Waals surface area contributed by atoms with E-state index in [1.165, 1.54) is 0 Å². The second kappa shape index (κ2) is 4.25. The van der Waals surface area contributed by atoms with Crippen molar-refractivity contribution < 1.29 is 9.59 Å². The van der Waals surface area contributed by atoms with E-state index >= 15 is 0 Å². The Bertz CT molecular complexity index is 443. The third kappa shape index (κ3) is 2.09. The van der Waals surface area contributed by atoms with Crippen molar-refractivity contribution >= 4 is 33.4 Å². The van der Waals surface area contributed by atoms with Crippen LogP contribution in [0.3, 0.4) is 0 Å². The van der Waals surface area contributed by atoms with Gasteiger partial charge in [0.15, 0.2) is 0 Å². The molecule has 0 aromatic heterocycles. The monoisotopic (exact) mass is 282 g/mol. The van der Waals surface area contributed by atoms with Crippen LogP contribution in [0.15, 0.2) is 22.7 Å². The molecule has 1 saturated heterocycles. The van der Waals surface area contributed by atoms with Crippen molar-refractivity contribution in [2.24, 2.45) is 0 Å². The standard InChI is InChI=1S/C11H11BrN2O2/c1-7-8(12)3-2-4-9(7)14-5-10(15)13-11(16)6-14/h2-4H,5-6H2,1H3,(H,13,15,16). The van der Waals surface area contributed by atoms with E-state index in [0.717, 1.165) is 15.7 Å². The lowest BCUT2D eigenvalue weighted by Crippen LogP contribution is -2.51. The summed E-state index contributed by atoms with van der Waals surface area (Å²) in [4.78, 5) is 24.3. The number of amides is 2. The number of benzene rings is 1. The van der Waals surface area contributed by atoms with Gasteiger partial charge in [-0.3, -0.25) is 14.9 Å². The van der Waals surface area contributed by atoms with Crippen LogP contribution in [-0.2, 0) is 9.59 Å². The number of hydrogen-bond acceptors (Lipinski definition) is 3. The lowest BCUT2D eigenvalue weighted by atomic mass is 10.1. The molecule has 0 spiro atoms. The topological polar surface area (TPSA) is 49.4 Å². The zero-order valence-electron chi connectivity index (χ0n) is 8.79. The maximum atomic E-state index is 11.3. The van der Waals surface area contributed by atoms with Gasteiger partial charge in [0.05, 0.1) is 13.1 Å². The Kier molecular flexibility index (Phi) is 2.96. The summed E-state index contributed by atoms with van der Waals surface area (Å²) in [6.45, 7) is 2.41. The number of piperazine rings is 1. The van der Waals surface area contributed by atoms with Gasteiger partial charge in [0, 0.05) is 10.2 Å². The van der Waals surface area contributed by atoms with E-state index < -0.39 is 0 Å². The maximum absolute atomic E-state index is 11.3. The van der Waals surface area contributed by atoms with Gasteiger partial charge in [0.25, 0.3) is 0 Å². The minimum atomic E-state index is -0.254. The molecule has 0 aliphatic carbocycles. The highest BCUT2D eigenvalue weighted by Crippen LogP contribution is 2.27. The molecular weight excluding hydrogens is 272 g/mol. The van der Waals surface area contributed by atoms with Gasteiger partial charge in [-0.15, -0.1) is 0 Å². The highest BCUT2D eigenvalue weighted by molar-refractivity contribution is 9.10. The first-order valence-electron chi connectivity index (χ1n) is 4.90. The first-order chi connectivity index (χ1) is 7.58. The smallest absolute Gasteiger partial charge is 0.246 e. The van der Waals surface area contributed by atoms with Gasteiger partial charge < -0.3 is 4.90 Å². The van der Waals surface area contributed by atoms with Crippen molar-refractivity contribution in [3.8, 4) is 0 Å². The molecule has 1 N–H and O–H groups in total. The van der Waals surface area contributed by atoms with Crippen LogP contribution >= 0.6 is 15.9 Å². The van der Waals surface area contributed by atoms with E-state index in [2.05, 4.69) is 21.2 Å². The molecule has 1 aliphatic rings. The summed E-state index contributed by atoms with van der Waals surface area (Å²) in [7, 11) is 0. The number of rotatable bonds is 1. The van der Waals surface area contributed by atoms with Crippen LogP contribution in [0.4, 0.5) is 5.69 Å². The van der Waals surface area contributed by atoms with Gasteiger partial charge in [-0.1, -0.05) is 22.0 Å². The van der Waals surface area contributed by atoms with Gasteiger partial charge in [0.2, 0.25) is 11.8 Å². The van der Waals surface area contributed by atoms with Crippen molar-refractivity contribution in [3.63, 3.8) is 0 Å². The number of nitrogens with zero attached hydrogens (tertiary/aromatic N) is 1. The van der Waals surface area contributed by atoms with Crippen molar-refractivity contribution in [1.29, 1.82) is 0 Å². The zero-order valence-corrected chi connectivity index (χ0v) is 10.4. The second-order valence-corrected chi connectivity index (χ2v) is 4.57. The molecular formula is C11H11BrN2O2. The van der Waals surface area contributed by atoms with E-state index in [9.17, 15) is 9.59 Å². The van der Waals surface area contributed by atoms with Crippen LogP contribution in [-0.4, -0.2) is 24.9 Å². The van der Waals surface area contributed by atoms with Gasteiger partial charge in [-0.25, -0.2) is 0 Å². The fourth-order valence-electron chi connectivity index (χ4n) is 1.75. The molecule has 0 bridgehead atoms.